The fraction of sp³-hybridized carbons (Fsp3) is 0.429. The molecule has 2 heterocycles. The zero-order chi connectivity index (χ0) is 13.5. The van der Waals surface area contributed by atoms with Crippen molar-refractivity contribution < 1.29 is 0 Å². The topological polar surface area (TPSA) is 68.8 Å². The maximum atomic E-state index is 5.64. The molecule has 102 valence electrons. The van der Waals surface area contributed by atoms with Crippen LogP contribution in [0.2, 0.25) is 0 Å². The molecule has 0 radical (unpaired) electrons. The molecule has 0 bridgehead atoms. The molecule has 0 amide bonds. The third-order valence-corrected chi connectivity index (χ3v) is 3.28. The molecule has 3 N–H and O–H groups in total. The number of nitrogens with two attached hydrogens (primary N) is 1. The SMILES string of the molecule is CCn1ccnc1CC(CCc1ccccn1)NN. The van der Waals surface area contributed by atoms with Crippen molar-refractivity contribution in [3.63, 3.8) is 0 Å². The lowest BCUT2D eigenvalue weighted by Gasteiger charge is -2.15. The number of aryl methyl sites for hydroxylation is 2. The molecule has 0 saturated heterocycles. The summed E-state index contributed by atoms with van der Waals surface area (Å²) in [4.78, 5) is 8.71. The monoisotopic (exact) mass is 259 g/mol. The molecular formula is C14H21N5. The maximum Gasteiger partial charge on any atom is 0.110 e. The molecule has 0 aliphatic carbocycles. The van der Waals surface area contributed by atoms with Crippen molar-refractivity contribution in [3.8, 4) is 0 Å². The molecule has 5 nitrogen and oxygen atoms in total. The number of hydrazine groups is 1. The zero-order valence-corrected chi connectivity index (χ0v) is 11.3. The van der Waals surface area contributed by atoms with Gasteiger partial charge >= 0.3 is 0 Å². The second-order valence-corrected chi connectivity index (χ2v) is 4.56. The van der Waals surface area contributed by atoms with E-state index in [2.05, 4.69) is 26.9 Å². The number of pyridine rings is 1. The van der Waals surface area contributed by atoms with Crippen molar-refractivity contribution in [3.05, 3.63) is 48.3 Å². The lowest BCUT2D eigenvalue weighted by molar-refractivity contribution is 0.471. The van der Waals surface area contributed by atoms with Crippen LogP contribution < -0.4 is 11.3 Å². The molecule has 0 aliphatic rings. The summed E-state index contributed by atoms with van der Waals surface area (Å²) in [5.74, 6) is 6.71. The summed E-state index contributed by atoms with van der Waals surface area (Å²) in [5.41, 5.74) is 3.98. The highest BCUT2D eigenvalue weighted by Crippen LogP contribution is 2.07. The Morgan fingerprint density at radius 3 is 2.89 bits per heavy atom. The van der Waals surface area contributed by atoms with Gasteiger partial charge in [-0.2, -0.15) is 0 Å². The minimum atomic E-state index is 0.217. The Hall–Kier alpha value is -1.72. The van der Waals surface area contributed by atoms with Gasteiger partial charge in [0.05, 0.1) is 0 Å². The molecule has 0 saturated carbocycles. The van der Waals surface area contributed by atoms with Crippen molar-refractivity contribution in [1.29, 1.82) is 0 Å². The number of hydrogen-bond donors (Lipinski definition) is 2. The summed E-state index contributed by atoms with van der Waals surface area (Å²) in [6, 6.07) is 6.20. The first-order chi connectivity index (χ1) is 9.33. The second kappa shape index (κ2) is 7.01. The lowest BCUT2D eigenvalue weighted by atomic mass is 10.1. The average molecular weight is 259 g/mol. The normalized spacial score (nSPS) is 12.5. The van der Waals surface area contributed by atoms with Crippen LogP contribution in [0.25, 0.3) is 0 Å². The summed E-state index contributed by atoms with van der Waals surface area (Å²) in [5, 5.41) is 0. The van der Waals surface area contributed by atoms with Crippen LogP contribution in [0, 0.1) is 0 Å². The quantitative estimate of drug-likeness (QED) is 0.581. The predicted molar refractivity (Wildman–Crippen MR) is 75.3 cm³/mol. The van der Waals surface area contributed by atoms with Gasteiger partial charge in [0.15, 0.2) is 0 Å². The average Bonchev–Trinajstić information content (AvgIpc) is 2.91. The maximum absolute atomic E-state index is 5.64. The van der Waals surface area contributed by atoms with Crippen molar-refractivity contribution in [1.82, 2.24) is 20.0 Å². The standard InChI is InChI=1S/C14H21N5/c1-2-19-10-9-17-14(19)11-13(18-15)7-6-12-5-3-4-8-16-12/h3-5,8-10,13,18H,2,6-7,11,15H2,1H3. The lowest BCUT2D eigenvalue weighted by Crippen LogP contribution is -2.37. The molecule has 2 aromatic heterocycles. The number of imidazole rings is 1. The van der Waals surface area contributed by atoms with E-state index in [-0.39, 0.29) is 6.04 Å². The van der Waals surface area contributed by atoms with Gasteiger partial charge in [-0.3, -0.25) is 16.3 Å². The van der Waals surface area contributed by atoms with Crippen LogP contribution >= 0.6 is 0 Å². The van der Waals surface area contributed by atoms with E-state index in [1.807, 2.05) is 36.8 Å². The molecule has 5 heteroatoms. The minimum Gasteiger partial charge on any atom is -0.335 e. The van der Waals surface area contributed by atoms with Gasteiger partial charge in [-0.15, -0.1) is 0 Å². The predicted octanol–water partition coefficient (Wildman–Crippen LogP) is 1.31. The summed E-state index contributed by atoms with van der Waals surface area (Å²) in [6.45, 7) is 3.05. The zero-order valence-electron chi connectivity index (χ0n) is 11.3. The molecule has 2 rings (SSSR count). The summed E-state index contributed by atoms with van der Waals surface area (Å²) in [7, 11) is 0. The largest absolute Gasteiger partial charge is 0.335 e. The molecule has 1 atom stereocenters. The first-order valence-electron chi connectivity index (χ1n) is 6.69. The van der Waals surface area contributed by atoms with Gasteiger partial charge in [-0.05, 0) is 31.9 Å². The van der Waals surface area contributed by atoms with Crippen molar-refractivity contribution in [2.45, 2.75) is 38.8 Å². The van der Waals surface area contributed by atoms with Crippen LogP contribution in [-0.2, 0) is 19.4 Å². The Balaban J connectivity index is 1.90. The Morgan fingerprint density at radius 1 is 1.32 bits per heavy atom. The van der Waals surface area contributed by atoms with Gasteiger partial charge in [-0.25, -0.2) is 4.98 Å². The van der Waals surface area contributed by atoms with Crippen LogP contribution in [0.5, 0.6) is 0 Å². The molecule has 0 fully saturated rings. The molecule has 0 aromatic carbocycles. The Morgan fingerprint density at radius 2 is 2.21 bits per heavy atom. The highest BCUT2D eigenvalue weighted by molar-refractivity contribution is 5.04. The molecule has 2 aromatic rings. The second-order valence-electron chi connectivity index (χ2n) is 4.56. The number of hydrogen-bond acceptors (Lipinski definition) is 4. The Bertz CT molecular complexity index is 480. The summed E-state index contributed by atoms with van der Waals surface area (Å²) in [6.07, 6.45) is 8.37. The molecule has 19 heavy (non-hydrogen) atoms. The Labute approximate surface area is 113 Å². The van der Waals surface area contributed by atoms with Gasteiger partial charge in [-0.1, -0.05) is 6.07 Å². The van der Waals surface area contributed by atoms with E-state index in [0.29, 0.717) is 0 Å². The first kappa shape index (κ1) is 13.7. The third-order valence-electron chi connectivity index (χ3n) is 3.28. The third kappa shape index (κ3) is 3.87. The van der Waals surface area contributed by atoms with E-state index >= 15 is 0 Å². The van der Waals surface area contributed by atoms with E-state index in [4.69, 9.17) is 5.84 Å². The van der Waals surface area contributed by atoms with Crippen LogP contribution in [-0.4, -0.2) is 20.6 Å². The van der Waals surface area contributed by atoms with Crippen LogP contribution in [0.4, 0.5) is 0 Å². The highest BCUT2D eigenvalue weighted by Gasteiger charge is 2.11. The van der Waals surface area contributed by atoms with E-state index in [1.54, 1.807) is 0 Å². The molecular weight excluding hydrogens is 238 g/mol. The number of aromatic nitrogens is 3. The van der Waals surface area contributed by atoms with Crippen LogP contribution in [0.15, 0.2) is 36.8 Å². The first-order valence-corrected chi connectivity index (χ1v) is 6.69. The molecule has 0 spiro atoms. The van der Waals surface area contributed by atoms with E-state index < -0.39 is 0 Å². The number of rotatable bonds is 7. The fourth-order valence-electron chi connectivity index (χ4n) is 2.15. The van der Waals surface area contributed by atoms with Crippen molar-refractivity contribution in [2.75, 3.05) is 0 Å². The van der Waals surface area contributed by atoms with E-state index in [0.717, 1.165) is 37.3 Å². The smallest absolute Gasteiger partial charge is 0.110 e. The fourth-order valence-corrected chi connectivity index (χ4v) is 2.15. The van der Waals surface area contributed by atoms with Crippen LogP contribution in [0.1, 0.15) is 24.9 Å². The summed E-state index contributed by atoms with van der Waals surface area (Å²) < 4.78 is 2.14. The molecule has 0 aliphatic heterocycles. The van der Waals surface area contributed by atoms with Crippen molar-refractivity contribution >= 4 is 0 Å². The van der Waals surface area contributed by atoms with Crippen molar-refractivity contribution in [2.24, 2.45) is 5.84 Å². The van der Waals surface area contributed by atoms with E-state index in [1.165, 1.54) is 0 Å². The van der Waals surface area contributed by atoms with Gasteiger partial charge in [0.1, 0.15) is 5.82 Å². The number of nitrogens with zero attached hydrogens (tertiary/aromatic N) is 3. The van der Waals surface area contributed by atoms with Gasteiger partial charge < -0.3 is 4.57 Å². The van der Waals surface area contributed by atoms with E-state index in [9.17, 15) is 0 Å². The molecule has 1 unspecified atom stereocenters. The summed E-state index contributed by atoms with van der Waals surface area (Å²) >= 11 is 0. The van der Waals surface area contributed by atoms with Gasteiger partial charge in [0.25, 0.3) is 0 Å². The Kier molecular flexibility index (Phi) is 5.06. The number of nitrogens with one attached hydrogen (secondary N) is 1. The highest BCUT2D eigenvalue weighted by atomic mass is 15.2. The van der Waals surface area contributed by atoms with Crippen LogP contribution in [0.3, 0.4) is 0 Å². The van der Waals surface area contributed by atoms with Gasteiger partial charge in [0.2, 0.25) is 0 Å². The van der Waals surface area contributed by atoms with Gasteiger partial charge in [0, 0.05) is 43.3 Å². The minimum absolute atomic E-state index is 0.217.